The van der Waals surface area contributed by atoms with E-state index in [4.69, 9.17) is 19.2 Å². The second-order valence-electron chi connectivity index (χ2n) is 0.513. The van der Waals surface area contributed by atoms with Crippen LogP contribution in [0.5, 0.6) is 0 Å². The largest absolute Gasteiger partial charge is 1.00 e. The van der Waals surface area contributed by atoms with Gasteiger partial charge in [-0.2, -0.15) is 0 Å². The van der Waals surface area contributed by atoms with Gasteiger partial charge in [-0.05, 0) is 0 Å². The zero-order chi connectivity index (χ0) is 4.50. The van der Waals surface area contributed by atoms with Crippen LogP contribution in [0.3, 0.4) is 0 Å². The van der Waals surface area contributed by atoms with Gasteiger partial charge in [-0.15, -0.1) is 0 Å². The second-order valence-corrected chi connectivity index (χ2v) is 1.54. The Morgan fingerprint density at radius 1 is 1.22 bits per heavy atom. The quantitative estimate of drug-likeness (QED) is 0.317. The summed E-state index contributed by atoms with van der Waals surface area (Å²) in [6, 6.07) is 0. The molecule has 0 saturated heterocycles. The van der Waals surface area contributed by atoms with Gasteiger partial charge in [-0.3, -0.25) is 4.70 Å². The molecule has 0 spiro atoms. The molecule has 1 radical (unpaired) electrons. The van der Waals surface area contributed by atoms with Gasteiger partial charge in [0.25, 0.3) is 0 Å². The van der Waals surface area contributed by atoms with Crippen LogP contribution in [0.2, 0.25) is 0 Å². The molecule has 53 valence electrons. The Morgan fingerprint density at radius 3 is 1.22 bits per heavy atom. The molecule has 0 heterocycles. The van der Waals surface area contributed by atoms with Crippen molar-refractivity contribution in [3.8, 4) is 0 Å². The van der Waals surface area contributed by atoms with Crippen molar-refractivity contribution < 1.29 is 98.2 Å². The van der Waals surface area contributed by atoms with Gasteiger partial charge in [0, 0.05) is 43.3 Å². The van der Waals surface area contributed by atoms with Gasteiger partial charge in [0.05, 0.1) is 0 Å². The minimum absolute atomic E-state index is 0. The molecule has 0 saturated carbocycles. The summed E-state index contributed by atoms with van der Waals surface area (Å²) in [5.74, 6) is 0. The average molecular weight is 288 g/mol. The van der Waals surface area contributed by atoms with Gasteiger partial charge in [0.15, 0.2) is 0 Å². The van der Waals surface area contributed by atoms with E-state index in [1.165, 1.54) is 0 Å². The first kappa shape index (κ1) is 30.1. The molecule has 9 heavy (non-hydrogen) atoms. The van der Waals surface area contributed by atoms with Gasteiger partial charge in [0.1, 0.15) is 0 Å². The van der Waals surface area contributed by atoms with Crippen LogP contribution in [0.1, 0.15) is 1.43 Å². The molecule has 3 N–H and O–H groups in total. The van der Waals surface area contributed by atoms with Gasteiger partial charge >= 0.3 is 37.4 Å². The van der Waals surface area contributed by atoms with Gasteiger partial charge in [-0.25, -0.2) is 4.57 Å². The van der Waals surface area contributed by atoms with Crippen molar-refractivity contribution in [1.29, 1.82) is 0 Å². The number of hydrogen-bond acceptors (Lipinski definition) is 1. The third-order valence-corrected chi connectivity index (χ3v) is 0. The molecule has 0 aliphatic carbocycles. The van der Waals surface area contributed by atoms with Crippen molar-refractivity contribution in [3.63, 3.8) is 0 Å². The van der Waals surface area contributed by atoms with Crippen molar-refractivity contribution >= 4 is 7.82 Å². The fourth-order valence-electron chi connectivity index (χ4n) is 0. The summed E-state index contributed by atoms with van der Waals surface area (Å²) in [5.41, 5.74) is 0. The summed E-state index contributed by atoms with van der Waals surface area (Å²) >= 11 is 0. The van der Waals surface area contributed by atoms with E-state index in [2.05, 4.69) is 0 Å². The van der Waals surface area contributed by atoms with Crippen molar-refractivity contribution in [3.05, 3.63) is 0 Å². The smallest absolute Gasteiger partial charge is 1.00 e. The van der Waals surface area contributed by atoms with E-state index in [1.807, 2.05) is 0 Å². The molecule has 0 bridgehead atoms. The molecule has 0 unspecified atom stereocenters. The molecular formula is H5FMnNaO4PZr. The van der Waals surface area contributed by atoms with E-state index in [-0.39, 0.29) is 79.0 Å². The number of halogens is 1. The van der Waals surface area contributed by atoms with Crippen LogP contribution in [-0.2, 0) is 47.8 Å². The van der Waals surface area contributed by atoms with Crippen LogP contribution in [0, 0.1) is 0 Å². The summed E-state index contributed by atoms with van der Waals surface area (Å²) in [4.78, 5) is 21.6. The summed E-state index contributed by atoms with van der Waals surface area (Å²) in [6.45, 7) is 0. The second kappa shape index (κ2) is 13.1. The van der Waals surface area contributed by atoms with Crippen LogP contribution >= 0.6 is 7.82 Å². The Balaban J connectivity index is -0.00000000800. The fraction of sp³-hybridized carbons (Fsp3) is 0. The maximum atomic E-state index is 8.88. The van der Waals surface area contributed by atoms with Crippen LogP contribution in [-0.4, -0.2) is 14.7 Å². The van der Waals surface area contributed by atoms with Crippen LogP contribution < -0.4 is 29.6 Å². The third kappa shape index (κ3) is 125. The maximum Gasteiger partial charge on any atom is 1.00 e. The molecule has 0 atom stereocenters. The van der Waals surface area contributed by atoms with E-state index in [9.17, 15) is 0 Å². The van der Waals surface area contributed by atoms with Crippen molar-refractivity contribution in [2.75, 3.05) is 0 Å². The zero-order valence-electron chi connectivity index (χ0n) is 5.48. The van der Waals surface area contributed by atoms with E-state index in [1.54, 1.807) is 0 Å². The van der Waals surface area contributed by atoms with E-state index < -0.39 is 7.82 Å². The third-order valence-electron chi connectivity index (χ3n) is 0. The standard InChI is InChI=1S/FH.Mn.Na.H3O4P.Zr.H/c;;;1-5(2,3)4;;/h1H;;;(H3,1,2,3,4);;/q;;+1;;;-1. The molecule has 0 aliphatic rings. The molecule has 0 fully saturated rings. The van der Waals surface area contributed by atoms with E-state index in [0.29, 0.717) is 0 Å². The topological polar surface area (TPSA) is 77.8 Å². The molecule has 0 aromatic rings. The molecule has 0 aromatic heterocycles. The fourth-order valence-corrected chi connectivity index (χ4v) is 0. The first-order valence-electron chi connectivity index (χ1n) is 0.783. The van der Waals surface area contributed by atoms with Crippen LogP contribution in [0.15, 0.2) is 0 Å². The van der Waals surface area contributed by atoms with Crippen molar-refractivity contribution in [2.45, 2.75) is 0 Å². The Bertz CT molecular complexity index is 71.4. The molecule has 9 heteroatoms. The summed E-state index contributed by atoms with van der Waals surface area (Å²) in [5, 5.41) is 0. The molecule has 0 aromatic carbocycles. The Kier molecular flexibility index (Phi) is 43.6. The Hall–Kier alpha value is 2.44. The minimum atomic E-state index is -4.64. The zero-order valence-corrected chi connectivity index (χ0v) is 11.0. The van der Waals surface area contributed by atoms with E-state index >= 15 is 0 Å². The number of hydrogen-bond donors (Lipinski definition) is 3. The minimum Gasteiger partial charge on any atom is -1.00 e. The SMILES string of the molecule is F.O=P(O)(O)O.[H-].[Mn].[Na+].[Zr]. The van der Waals surface area contributed by atoms with Gasteiger partial charge in [-0.1, -0.05) is 0 Å². The van der Waals surface area contributed by atoms with Crippen LogP contribution in [0.25, 0.3) is 0 Å². The van der Waals surface area contributed by atoms with Crippen molar-refractivity contribution in [2.24, 2.45) is 0 Å². The number of phosphoric acid groups is 1. The average Bonchev–Trinajstić information content (AvgIpc) is 0.722. The summed E-state index contributed by atoms with van der Waals surface area (Å²) in [7, 11) is -4.64. The maximum absolute atomic E-state index is 8.88. The number of rotatable bonds is 0. The molecule has 0 amide bonds. The Labute approximate surface area is 105 Å². The predicted molar refractivity (Wildman–Crippen MR) is 17.9 cm³/mol. The first-order chi connectivity index (χ1) is 2.00. The molecule has 4 nitrogen and oxygen atoms in total. The summed E-state index contributed by atoms with van der Waals surface area (Å²) < 4.78 is 8.88. The monoisotopic (exact) mass is 287 g/mol. The van der Waals surface area contributed by atoms with Crippen LogP contribution in [0.4, 0.5) is 4.70 Å². The van der Waals surface area contributed by atoms with Crippen molar-refractivity contribution in [1.82, 2.24) is 0 Å². The molecule has 0 aliphatic heterocycles. The first-order valence-corrected chi connectivity index (χ1v) is 2.35. The molecule has 0 rings (SSSR count). The normalized spacial score (nSPS) is 6.56. The van der Waals surface area contributed by atoms with Gasteiger partial charge in [0.2, 0.25) is 0 Å². The summed E-state index contributed by atoms with van der Waals surface area (Å²) in [6.07, 6.45) is 0. The van der Waals surface area contributed by atoms with Gasteiger partial charge < -0.3 is 16.1 Å². The van der Waals surface area contributed by atoms with E-state index in [0.717, 1.165) is 0 Å². The predicted octanol–water partition coefficient (Wildman–Crippen LogP) is -3.66. The molecular weight excluding hydrogens is 283 g/mol. The Morgan fingerprint density at radius 2 is 1.22 bits per heavy atom.